The molecule has 160 valence electrons. The van der Waals surface area contributed by atoms with Crippen LogP contribution in [0.1, 0.15) is 33.7 Å². The number of carbonyl (C=O) groups excluding carboxylic acids is 1. The first-order valence-electron chi connectivity index (χ1n) is 11.2. The minimum absolute atomic E-state index is 0.0269. The van der Waals surface area contributed by atoms with Gasteiger partial charge in [-0.15, -0.1) is 0 Å². The van der Waals surface area contributed by atoms with E-state index in [1.54, 1.807) is 0 Å². The van der Waals surface area contributed by atoms with Gasteiger partial charge in [-0.1, -0.05) is 91.0 Å². The largest absolute Gasteiger partial charge is 0.462 e. The molecule has 0 N–H and O–H groups in total. The SMILES string of the molecule is O=C([C]OCc1cccc2c1Cc1ccccc1-2)OCC1c2ccccc2-c2ccccc21. The topological polar surface area (TPSA) is 35.5 Å². The summed E-state index contributed by atoms with van der Waals surface area (Å²) in [6.07, 6.45) is 0.885. The maximum Gasteiger partial charge on any atom is 0.346 e. The van der Waals surface area contributed by atoms with Crippen molar-refractivity contribution in [1.29, 1.82) is 0 Å². The van der Waals surface area contributed by atoms with Gasteiger partial charge in [0.15, 0.2) is 0 Å². The fourth-order valence-corrected chi connectivity index (χ4v) is 5.16. The summed E-state index contributed by atoms with van der Waals surface area (Å²) in [5, 5.41) is 0. The average molecular weight is 431 g/mol. The number of esters is 1. The molecule has 0 saturated heterocycles. The molecule has 3 nitrogen and oxygen atoms in total. The molecular formula is C30H22O3. The summed E-state index contributed by atoms with van der Waals surface area (Å²) in [7, 11) is 0. The second-order valence-electron chi connectivity index (χ2n) is 8.49. The average Bonchev–Trinajstić information content (AvgIpc) is 3.39. The monoisotopic (exact) mass is 430 g/mol. The standard InChI is InChI=1S/C30H22O3/c31-30(33-18-29-26-13-5-3-11-24(26)25-12-4-6-14-27(25)29)19-32-17-21-9-7-15-23-22-10-2-1-8-20(22)16-28(21)23/h1-15,29H,16-18H2. The molecule has 2 aliphatic rings. The van der Waals surface area contributed by atoms with E-state index < -0.39 is 5.97 Å². The number of rotatable bonds is 6. The zero-order chi connectivity index (χ0) is 22.2. The molecule has 3 heteroatoms. The van der Waals surface area contributed by atoms with Crippen molar-refractivity contribution in [3.8, 4) is 22.3 Å². The minimum Gasteiger partial charge on any atom is -0.462 e. The van der Waals surface area contributed by atoms with Crippen LogP contribution >= 0.6 is 0 Å². The number of ether oxygens (including phenoxy) is 2. The van der Waals surface area contributed by atoms with Gasteiger partial charge < -0.3 is 9.47 Å². The van der Waals surface area contributed by atoms with Crippen LogP contribution < -0.4 is 0 Å². The fourth-order valence-electron chi connectivity index (χ4n) is 5.16. The molecule has 0 atom stereocenters. The Morgan fingerprint density at radius 3 is 2.15 bits per heavy atom. The summed E-state index contributed by atoms with van der Waals surface area (Å²) in [5.41, 5.74) is 11.0. The molecule has 4 aromatic rings. The van der Waals surface area contributed by atoms with Crippen LogP contribution in [-0.2, 0) is 27.3 Å². The van der Waals surface area contributed by atoms with Crippen molar-refractivity contribution >= 4 is 5.97 Å². The lowest BCUT2D eigenvalue weighted by Crippen LogP contribution is -2.14. The molecule has 33 heavy (non-hydrogen) atoms. The van der Waals surface area contributed by atoms with E-state index in [-0.39, 0.29) is 12.5 Å². The molecule has 2 radical (unpaired) electrons. The van der Waals surface area contributed by atoms with Crippen LogP contribution in [0.2, 0.25) is 0 Å². The van der Waals surface area contributed by atoms with E-state index in [9.17, 15) is 4.79 Å². The van der Waals surface area contributed by atoms with Crippen molar-refractivity contribution in [3.63, 3.8) is 0 Å². The summed E-state index contributed by atoms with van der Waals surface area (Å²) in [4.78, 5) is 12.4. The van der Waals surface area contributed by atoms with E-state index in [1.165, 1.54) is 44.5 Å². The Bertz CT molecular complexity index is 1310. The van der Waals surface area contributed by atoms with E-state index in [2.05, 4.69) is 61.2 Å². The molecule has 0 aliphatic heterocycles. The van der Waals surface area contributed by atoms with E-state index in [0.717, 1.165) is 12.0 Å². The van der Waals surface area contributed by atoms with Gasteiger partial charge in [-0.05, 0) is 56.5 Å². The number of carbonyl (C=O) groups is 1. The maximum atomic E-state index is 12.4. The Labute approximate surface area is 193 Å². The van der Waals surface area contributed by atoms with Crippen LogP contribution in [0.15, 0.2) is 91.0 Å². The van der Waals surface area contributed by atoms with E-state index in [1.807, 2.05) is 36.4 Å². The third kappa shape index (κ3) is 3.55. The molecule has 0 aromatic heterocycles. The summed E-state index contributed by atoms with van der Waals surface area (Å²) >= 11 is 0. The Hall–Kier alpha value is -3.69. The quantitative estimate of drug-likeness (QED) is 0.302. The van der Waals surface area contributed by atoms with Crippen LogP contribution in [0, 0.1) is 6.61 Å². The first kappa shape index (κ1) is 20.0. The summed E-state index contributed by atoms with van der Waals surface area (Å²) in [6.45, 7) is 3.01. The lowest BCUT2D eigenvalue weighted by atomic mass is 9.98. The molecule has 0 spiro atoms. The molecular weight excluding hydrogens is 408 g/mol. The number of hydrogen-bond donors (Lipinski definition) is 0. The van der Waals surface area contributed by atoms with Gasteiger partial charge in [0.05, 0.1) is 6.61 Å². The molecule has 0 saturated carbocycles. The number of fused-ring (bicyclic) bond motifs is 6. The first-order valence-corrected chi connectivity index (χ1v) is 11.2. The predicted octanol–water partition coefficient (Wildman–Crippen LogP) is 6.17. The van der Waals surface area contributed by atoms with Crippen molar-refractivity contribution in [1.82, 2.24) is 0 Å². The highest BCUT2D eigenvalue weighted by Crippen LogP contribution is 2.44. The number of hydrogen-bond acceptors (Lipinski definition) is 3. The molecule has 6 rings (SSSR count). The highest BCUT2D eigenvalue weighted by molar-refractivity contribution is 5.80. The molecule has 4 aromatic carbocycles. The van der Waals surface area contributed by atoms with Gasteiger partial charge in [0.1, 0.15) is 6.61 Å². The summed E-state index contributed by atoms with van der Waals surface area (Å²) in [6, 6.07) is 31.2. The van der Waals surface area contributed by atoms with Crippen molar-refractivity contribution in [2.45, 2.75) is 18.9 Å². The van der Waals surface area contributed by atoms with Gasteiger partial charge in [-0.25, -0.2) is 4.79 Å². The van der Waals surface area contributed by atoms with Gasteiger partial charge in [0, 0.05) is 5.92 Å². The Morgan fingerprint density at radius 1 is 0.758 bits per heavy atom. The van der Waals surface area contributed by atoms with Crippen molar-refractivity contribution in [3.05, 3.63) is 125 Å². The highest BCUT2D eigenvalue weighted by atomic mass is 16.6. The zero-order valence-electron chi connectivity index (χ0n) is 18.1. The van der Waals surface area contributed by atoms with Gasteiger partial charge in [0.2, 0.25) is 0 Å². The van der Waals surface area contributed by atoms with Crippen molar-refractivity contribution in [2.24, 2.45) is 0 Å². The van der Waals surface area contributed by atoms with Gasteiger partial charge in [0.25, 0.3) is 6.61 Å². The molecule has 0 heterocycles. The lowest BCUT2D eigenvalue weighted by molar-refractivity contribution is -0.144. The molecule has 0 unspecified atom stereocenters. The van der Waals surface area contributed by atoms with Gasteiger partial charge in [-0.2, -0.15) is 0 Å². The van der Waals surface area contributed by atoms with Crippen molar-refractivity contribution < 1.29 is 14.3 Å². The van der Waals surface area contributed by atoms with E-state index >= 15 is 0 Å². The smallest absolute Gasteiger partial charge is 0.346 e. The molecule has 0 amide bonds. The van der Waals surface area contributed by atoms with Crippen LogP contribution in [0.25, 0.3) is 22.3 Å². The lowest BCUT2D eigenvalue weighted by Gasteiger charge is -2.14. The van der Waals surface area contributed by atoms with Crippen LogP contribution in [0.5, 0.6) is 0 Å². The summed E-state index contributed by atoms with van der Waals surface area (Å²) < 4.78 is 11.1. The van der Waals surface area contributed by atoms with Crippen molar-refractivity contribution in [2.75, 3.05) is 6.61 Å². The highest BCUT2D eigenvalue weighted by Gasteiger charge is 2.29. The second kappa shape index (κ2) is 8.34. The minimum atomic E-state index is -0.576. The molecule has 2 aliphatic carbocycles. The molecule has 0 fully saturated rings. The summed E-state index contributed by atoms with van der Waals surface area (Å²) in [5.74, 6) is -0.549. The van der Waals surface area contributed by atoms with Gasteiger partial charge >= 0.3 is 5.97 Å². The van der Waals surface area contributed by atoms with Crippen LogP contribution in [-0.4, -0.2) is 12.6 Å². The Kier molecular flexibility index (Phi) is 5.04. The second-order valence-corrected chi connectivity index (χ2v) is 8.49. The van der Waals surface area contributed by atoms with E-state index in [4.69, 9.17) is 9.47 Å². The Balaban J connectivity index is 1.08. The van der Waals surface area contributed by atoms with Gasteiger partial charge in [-0.3, -0.25) is 0 Å². The maximum absolute atomic E-state index is 12.4. The zero-order valence-corrected chi connectivity index (χ0v) is 18.1. The third-order valence-electron chi connectivity index (χ3n) is 6.67. The predicted molar refractivity (Wildman–Crippen MR) is 127 cm³/mol. The van der Waals surface area contributed by atoms with Crippen LogP contribution in [0.4, 0.5) is 0 Å². The van der Waals surface area contributed by atoms with E-state index in [0.29, 0.717) is 6.61 Å². The Morgan fingerprint density at radius 2 is 1.39 bits per heavy atom. The fraction of sp³-hybridized carbons (Fsp3) is 0.133. The first-order chi connectivity index (χ1) is 16.3. The third-order valence-corrected chi connectivity index (χ3v) is 6.67. The molecule has 0 bridgehead atoms. The normalized spacial score (nSPS) is 13.2. The number of benzene rings is 4. The van der Waals surface area contributed by atoms with Crippen LogP contribution in [0.3, 0.4) is 0 Å².